The molecule has 1 amide bonds. The average molecular weight is 296 g/mol. The van der Waals surface area contributed by atoms with Gasteiger partial charge in [0.25, 0.3) is 5.91 Å². The maximum atomic E-state index is 12.5. The van der Waals surface area contributed by atoms with E-state index in [1.54, 1.807) is 6.07 Å². The number of benzene rings is 1. The zero-order chi connectivity index (χ0) is 14.9. The lowest BCUT2D eigenvalue weighted by Gasteiger charge is -2.38. The third-order valence-electron chi connectivity index (χ3n) is 4.19. The Bertz CT molecular complexity index is 500. The molecule has 0 unspecified atom stereocenters. The fourth-order valence-electron chi connectivity index (χ4n) is 2.80. The number of likely N-dealkylation sites (tertiary alicyclic amines) is 1. The van der Waals surface area contributed by atoms with Crippen molar-refractivity contribution in [3.8, 4) is 5.75 Å². The number of rotatable bonds is 1. The molecule has 0 bridgehead atoms. The van der Waals surface area contributed by atoms with Crippen LogP contribution in [0.4, 0.5) is 0 Å². The molecule has 1 aliphatic heterocycles. The molecule has 1 saturated heterocycles. The van der Waals surface area contributed by atoms with E-state index in [-0.39, 0.29) is 17.1 Å². The Labute approximate surface area is 125 Å². The van der Waals surface area contributed by atoms with Gasteiger partial charge in [0.15, 0.2) is 0 Å². The second-order valence-electron chi connectivity index (χ2n) is 6.60. The molecule has 0 aromatic heterocycles. The monoisotopic (exact) mass is 295 g/mol. The predicted molar refractivity (Wildman–Crippen MR) is 81.2 cm³/mol. The summed E-state index contributed by atoms with van der Waals surface area (Å²) >= 11 is 6.05. The Morgan fingerprint density at radius 3 is 2.45 bits per heavy atom. The van der Waals surface area contributed by atoms with Crippen molar-refractivity contribution >= 4 is 17.5 Å². The molecule has 0 spiro atoms. The highest BCUT2D eigenvalue weighted by Gasteiger charge is 2.31. The molecule has 1 aliphatic rings. The first-order valence-corrected chi connectivity index (χ1v) is 7.44. The van der Waals surface area contributed by atoms with E-state index >= 15 is 0 Å². The molecule has 0 aliphatic carbocycles. The van der Waals surface area contributed by atoms with E-state index in [1.807, 2.05) is 4.90 Å². The number of phenolic OH excluding ortho intramolecular Hbond substituents is 1. The van der Waals surface area contributed by atoms with Gasteiger partial charge in [-0.05, 0) is 42.4 Å². The summed E-state index contributed by atoms with van der Waals surface area (Å²) in [6.07, 6.45) is 2.04. The molecule has 4 heteroatoms. The van der Waals surface area contributed by atoms with Crippen LogP contribution in [-0.4, -0.2) is 29.0 Å². The molecular formula is C16H22ClNO2. The molecule has 0 radical (unpaired) electrons. The van der Waals surface area contributed by atoms with Gasteiger partial charge in [-0.25, -0.2) is 0 Å². The molecule has 0 saturated carbocycles. The number of carbonyl (C=O) groups excluding carboxylic acids is 1. The van der Waals surface area contributed by atoms with Crippen LogP contribution in [0.15, 0.2) is 18.2 Å². The minimum atomic E-state index is -0.0849. The van der Waals surface area contributed by atoms with Gasteiger partial charge in [0, 0.05) is 13.1 Å². The van der Waals surface area contributed by atoms with Gasteiger partial charge < -0.3 is 10.0 Å². The first-order chi connectivity index (χ1) is 9.29. The SMILES string of the molecule is CC(C)(C)C1CCN(C(=O)c2cc(O)ccc2Cl)CC1. The third-order valence-corrected chi connectivity index (χ3v) is 4.52. The van der Waals surface area contributed by atoms with Crippen molar-refractivity contribution in [2.24, 2.45) is 11.3 Å². The molecule has 1 aromatic carbocycles. The summed E-state index contributed by atoms with van der Waals surface area (Å²) < 4.78 is 0. The highest BCUT2D eigenvalue weighted by molar-refractivity contribution is 6.33. The van der Waals surface area contributed by atoms with Crippen molar-refractivity contribution in [2.45, 2.75) is 33.6 Å². The Hall–Kier alpha value is -1.22. The Balaban J connectivity index is 2.07. The second-order valence-corrected chi connectivity index (χ2v) is 7.00. The molecule has 3 nitrogen and oxygen atoms in total. The summed E-state index contributed by atoms with van der Waals surface area (Å²) in [5.41, 5.74) is 0.679. The van der Waals surface area contributed by atoms with Crippen LogP contribution in [0.25, 0.3) is 0 Å². The van der Waals surface area contributed by atoms with Crippen LogP contribution < -0.4 is 0 Å². The molecule has 110 valence electrons. The second kappa shape index (κ2) is 5.65. The predicted octanol–water partition coefficient (Wildman–Crippen LogP) is 3.94. The van der Waals surface area contributed by atoms with Crippen LogP contribution in [-0.2, 0) is 0 Å². The zero-order valence-electron chi connectivity index (χ0n) is 12.3. The number of halogens is 1. The first-order valence-electron chi connectivity index (χ1n) is 7.07. The lowest BCUT2D eigenvalue weighted by Crippen LogP contribution is -2.41. The minimum absolute atomic E-state index is 0.0716. The number of carbonyl (C=O) groups is 1. The van der Waals surface area contributed by atoms with E-state index in [4.69, 9.17) is 11.6 Å². The number of phenols is 1. The van der Waals surface area contributed by atoms with E-state index in [0.29, 0.717) is 16.5 Å². The van der Waals surface area contributed by atoms with E-state index in [1.165, 1.54) is 12.1 Å². The Kier molecular flexibility index (Phi) is 4.28. The largest absolute Gasteiger partial charge is 0.508 e. The number of hydrogen-bond acceptors (Lipinski definition) is 2. The molecule has 0 atom stereocenters. The van der Waals surface area contributed by atoms with Crippen molar-refractivity contribution in [3.63, 3.8) is 0 Å². The normalized spacial score (nSPS) is 17.3. The van der Waals surface area contributed by atoms with E-state index in [2.05, 4.69) is 20.8 Å². The smallest absolute Gasteiger partial charge is 0.255 e. The fraction of sp³-hybridized carbons (Fsp3) is 0.562. The van der Waals surface area contributed by atoms with Gasteiger partial charge in [-0.1, -0.05) is 32.4 Å². The lowest BCUT2D eigenvalue weighted by molar-refractivity contribution is 0.0608. The number of nitrogens with zero attached hydrogens (tertiary/aromatic N) is 1. The van der Waals surface area contributed by atoms with Gasteiger partial charge in [-0.3, -0.25) is 4.79 Å². The summed E-state index contributed by atoms with van der Waals surface area (Å²) in [5, 5.41) is 9.90. The highest BCUT2D eigenvalue weighted by Crippen LogP contribution is 2.35. The molecule has 1 heterocycles. The summed E-state index contributed by atoms with van der Waals surface area (Å²) in [6, 6.07) is 4.50. The number of piperidine rings is 1. The summed E-state index contributed by atoms with van der Waals surface area (Å²) in [6.45, 7) is 8.27. The minimum Gasteiger partial charge on any atom is -0.508 e. The number of aromatic hydroxyl groups is 1. The summed E-state index contributed by atoms with van der Waals surface area (Å²) in [5.74, 6) is 0.631. The van der Waals surface area contributed by atoms with Crippen LogP contribution in [0.3, 0.4) is 0 Å². The average Bonchev–Trinajstić information content (AvgIpc) is 2.40. The number of hydrogen-bond donors (Lipinski definition) is 1. The topological polar surface area (TPSA) is 40.5 Å². The van der Waals surface area contributed by atoms with Crippen LogP contribution >= 0.6 is 11.6 Å². The van der Waals surface area contributed by atoms with Crippen LogP contribution in [0.2, 0.25) is 5.02 Å². The molecular weight excluding hydrogens is 274 g/mol. The van der Waals surface area contributed by atoms with Crippen molar-refractivity contribution in [3.05, 3.63) is 28.8 Å². The Morgan fingerprint density at radius 2 is 1.90 bits per heavy atom. The highest BCUT2D eigenvalue weighted by atomic mass is 35.5. The molecule has 1 aromatic rings. The standard InChI is InChI=1S/C16H22ClNO2/c1-16(2,3)11-6-8-18(9-7-11)15(20)13-10-12(19)4-5-14(13)17/h4-5,10-11,19H,6-9H2,1-3H3. The quantitative estimate of drug-likeness (QED) is 0.852. The van der Waals surface area contributed by atoms with Crippen molar-refractivity contribution in [2.75, 3.05) is 13.1 Å². The third kappa shape index (κ3) is 3.26. The molecule has 2 rings (SSSR count). The lowest BCUT2D eigenvalue weighted by atomic mass is 9.75. The van der Waals surface area contributed by atoms with Crippen LogP contribution in [0.5, 0.6) is 5.75 Å². The number of amides is 1. The molecule has 1 fully saturated rings. The van der Waals surface area contributed by atoms with Gasteiger partial charge in [-0.15, -0.1) is 0 Å². The maximum Gasteiger partial charge on any atom is 0.255 e. The van der Waals surface area contributed by atoms with Crippen LogP contribution in [0, 0.1) is 11.3 Å². The van der Waals surface area contributed by atoms with E-state index < -0.39 is 0 Å². The van der Waals surface area contributed by atoms with Gasteiger partial charge in [0.1, 0.15) is 5.75 Å². The van der Waals surface area contributed by atoms with Crippen molar-refractivity contribution in [1.29, 1.82) is 0 Å². The molecule has 20 heavy (non-hydrogen) atoms. The van der Waals surface area contributed by atoms with Gasteiger partial charge in [0.05, 0.1) is 10.6 Å². The van der Waals surface area contributed by atoms with Crippen LogP contribution in [0.1, 0.15) is 44.0 Å². The first kappa shape index (κ1) is 15.2. The van der Waals surface area contributed by atoms with Gasteiger partial charge in [-0.2, -0.15) is 0 Å². The van der Waals surface area contributed by atoms with Crippen molar-refractivity contribution in [1.82, 2.24) is 4.90 Å². The van der Waals surface area contributed by atoms with Gasteiger partial charge >= 0.3 is 0 Å². The maximum absolute atomic E-state index is 12.5. The Morgan fingerprint density at radius 1 is 1.30 bits per heavy atom. The summed E-state index contributed by atoms with van der Waals surface area (Å²) in [7, 11) is 0. The summed E-state index contributed by atoms with van der Waals surface area (Å²) in [4.78, 5) is 14.3. The molecule has 1 N–H and O–H groups in total. The fourth-order valence-corrected chi connectivity index (χ4v) is 2.99. The van der Waals surface area contributed by atoms with E-state index in [0.717, 1.165) is 25.9 Å². The van der Waals surface area contributed by atoms with Crippen molar-refractivity contribution < 1.29 is 9.90 Å². The van der Waals surface area contributed by atoms with Gasteiger partial charge in [0.2, 0.25) is 0 Å². The zero-order valence-corrected chi connectivity index (χ0v) is 13.1. The van der Waals surface area contributed by atoms with E-state index in [9.17, 15) is 9.90 Å².